The van der Waals surface area contributed by atoms with Crippen molar-refractivity contribution in [3.8, 4) is 0 Å². The summed E-state index contributed by atoms with van der Waals surface area (Å²) in [6.45, 7) is 0.414. The van der Waals surface area contributed by atoms with Gasteiger partial charge >= 0.3 is 5.97 Å². The van der Waals surface area contributed by atoms with Crippen molar-refractivity contribution in [1.82, 2.24) is 10.9 Å². The lowest BCUT2D eigenvalue weighted by atomic mass is 9.97. The molecule has 8 nitrogen and oxygen atoms in total. The van der Waals surface area contributed by atoms with Crippen molar-refractivity contribution < 1.29 is 19.2 Å². The molecule has 2 amide bonds. The second kappa shape index (κ2) is 11.2. The standard InChI is InChI=1S/C26H26N4O4/c31-24(20-12-6-2-7-13-20)28-22(25(32)27-17-16-19-10-4-1-5-11-19)18-23-26(33)34-29-30(23)21-14-8-3-9-15-21/h2-3,6-10,12-15,18,29H,1,4-5,11,16-17H2,(H,27,32)/b23-18+,28-22?. The monoisotopic (exact) mass is 458 g/mol. The van der Waals surface area contributed by atoms with E-state index in [0.717, 1.165) is 25.7 Å². The zero-order valence-corrected chi connectivity index (χ0v) is 18.7. The number of hydrazine groups is 1. The van der Waals surface area contributed by atoms with E-state index in [2.05, 4.69) is 22.0 Å². The van der Waals surface area contributed by atoms with Crippen LogP contribution < -0.4 is 15.9 Å². The summed E-state index contributed by atoms with van der Waals surface area (Å²) in [5.41, 5.74) is 4.67. The molecule has 1 fully saturated rings. The van der Waals surface area contributed by atoms with Gasteiger partial charge in [-0.25, -0.2) is 14.8 Å². The normalized spacial score (nSPS) is 17.4. The van der Waals surface area contributed by atoms with E-state index in [1.54, 1.807) is 54.6 Å². The Hall–Kier alpha value is -4.04. The Balaban J connectivity index is 1.59. The number of rotatable bonds is 7. The third-order valence-corrected chi connectivity index (χ3v) is 5.56. The van der Waals surface area contributed by atoms with Gasteiger partial charge in [-0.3, -0.25) is 9.59 Å². The summed E-state index contributed by atoms with van der Waals surface area (Å²) in [6.07, 6.45) is 8.70. The molecule has 0 unspecified atom stereocenters. The number of benzene rings is 2. The Bertz CT molecular complexity index is 1140. The van der Waals surface area contributed by atoms with Gasteiger partial charge in [-0.05, 0) is 56.4 Å². The fourth-order valence-corrected chi connectivity index (χ4v) is 3.76. The first kappa shape index (κ1) is 23.1. The molecular weight excluding hydrogens is 432 g/mol. The van der Waals surface area contributed by atoms with Crippen molar-refractivity contribution in [3.05, 3.63) is 89.6 Å². The lowest BCUT2D eigenvalue weighted by molar-refractivity contribution is -0.140. The summed E-state index contributed by atoms with van der Waals surface area (Å²) in [6, 6.07) is 17.4. The Morgan fingerprint density at radius 3 is 2.50 bits per heavy atom. The summed E-state index contributed by atoms with van der Waals surface area (Å²) in [5.74, 6) is -1.81. The number of anilines is 1. The second-order valence-electron chi connectivity index (χ2n) is 7.96. The first-order chi connectivity index (χ1) is 16.6. The number of hydrogen-bond acceptors (Lipinski definition) is 6. The van der Waals surface area contributed by atoms with Gasteiger partial charge in [0.25, 0.3) is 11.8 Å². The predicted octanol–water partition coefficient (Wildman–Crippen LogP) is 3.64. The largest absolute Gasteiger partial charge is 0.376 e. The van der Waals surface area contributed by atoms with Gasteiger partial charge in [0, 0.05) is 18.2 Å². The van der Waals surface area contributed by atoms with E-state index in [4.69, 9.17) is 4.84 Å². The van der Waals surface area contributed by atoms with Gasteiger partial charge in [0.15, 0.2) is 5.70 Å². The van der Waals surface area contributed by atoms with Crippen LogP contribution in [0.1, 0.15) is 42.5 Å². The molecule has 2 aromatic rings. The second-order valence-corrected chi connectivity index (χ2v) is 7.96. The summed E-state index contributed by atoms with van der Waals surface area (Å²) in [5, 5.41) is 4.23. The van der Waals surface area contributed by atoms with Crippen molar-refractivity contribution in [2.45, 2.75) is 32.1 Å². The van der Waals surface area contributed by atoms with Gasteiger partial charge in [-0.2, -0.15) is 0 Å². The molecule has 1 aliphatic heterocycles. The number of nitrogens with zero attached hydrogens (tertiary/aromatic N) is 2. The number of amides is 2. The van der Waals surface area contributed by atoms with E-state index in [1.165, 1.54) is 23.1 Å². The minimum absolute atomic E-state index is 0.0379. The van der Waals surface area contributed by atoms with Gasteiger partial charge in [0.2, 0.25) is 0 Å². The van der Waals surface area contributed by atoms with E-state index >= 15 is 0 Å². The van der Waals surface area contributed by atoms with Gasteiger partial charge in [0.05, 0.1) is 5.69 Å². The molecule has 4 rings (SSSR count). The highest BCUT2D eigenvalue weighted by Crippen LogP contribution is 2.22. The third kappa shape index (κ3) is 5.85. The number of para-hydroxylation sites is 1. The van der Waals surface area contributed by atoms with Crippen LogP contribution in [0.25, 0.3) is 0 Å². The molecule has 2 N–H and O–H groups in total. The van der Waals surface area contributed by atoms with Crippen LogP contribution in [0.15, 0.2) is 89.1 Å². The van der Waals surface area contributed by atoms with Gasteiger partial charge in [-0.1, -0.05) is 53.6 Å². The maximum atomic E-state index is 13.0. The van der Waals surface area contributed by atoms with Gasteiger partial charge in [0.1, 0.15) is 5.71 Å². The van der Waals surface area contributed by atoms with Crippen LogP contribution in [0.5, 0.6) is 0 Å². The average Bonchev–Trinajstić information content (AvgIpc) is 3.25. The van der Waals surface area contributed by atoms with Crippen LogP contribution in [-0.4, -0.2) is 30.0 Å². The first-order valence-electron chi connectivity index (χ1n) is 11.3. The molecule has 1 aliphatic carbocycles. The Labute approximate surface area is 197 Å². The SMILES string of the molecule is O=C(NCCC1=CCCCC1)C(/C=C1\C(=O)ONN1c1ccccc1)=NC(=O)c1ccccc1. The highest BCUT2D eigenvalue weighted by molar-refractivity contribution is 6.45. The molecule has 174 valence electrons. The molecule has 2 aliphatic rings. The predicted molar refractivity (Wildman–Crippen MR) is 129 cm³/mol. The number of aliphatic imine (C=N–C) groups is 1. The van der Waals surface area contributed by atoms with Crippen molar-refractivity contribution in [3.63, 3.8) is 0 Å². The zero-order chi connectivity index (χ0) is 23.8. The van der Waals surface area contributed by atoms with Crippen LogP contribution in [0.2, 0.25) is 0 Å². The van der Waals surface area contributed by atoms with Crippen LogP contribution in [0, 0.1) is 0 Å². The van der Waals surface area contributed by atoms with E-state index in [0.29, 0.717) is 17.8 Å². The molecule has 8 heteroatoms. The number of allylic oxidation sites excluding steroid dienone is 1. The molecule has 0 aromatic heterocycles. The lowest BCUT2D eigenvalue weighted by Crippen LogP contribution is -2.34. The van der Waals surface area contributed by atoms with E-state index < -0.39 is 17.8 Å². The Kier molecular flexibility index (Phi) is 7.62. The van der Waals surface area contributed by atoms with E-state index in [9.17, 15) is 14.4 Å². The Morgan fingerprint density at radius 1 is 1.06 bits per heavy atom. The quantitative estimate of drug-likeness (QED) is 0.373. The van der Waals surface area contributed by atoms with E-state index in [1.807, 2.05) is 6.07 Å². The molecule has 34 heavy (non-hydrogen) atoms. The molecule has 1 heterocycles. The minimum Gasteiger partial charge on any atom is -0.350 e. The zero-order valence-electron chi connectivity index (χ0n) is 18.7. The number of nitrogens with one attached hydrogen (secondary N) is 2. The van der Waals surface area contributed by atoms with Crippen LogP contribution in [0.3, 0.4) is 0 Å². The number of carbonyl (C=O) groups excluding carboxylic acids is 3. The van der Waals surface area contributed by atoms with Crippen molar-refractivity contribution in [2.24, 2.45) is 4.99 Å². The maximum Gasteiger partial charge on any atom is 0.376 e. The third-order valence-electron chi connectivity index (χ3n) is 5.56. The van der Waals surface area contributed by atoms with Crippen molar-refractivity contribution in [2.75, 3.05) is 11.6 Å². The smallest absolute Gasteiger partial charge is 0.350 e. The maximum absolute atomic E-state index is 13.0. The van der Waals surface area contributed by atoms with Crippen molar-refractivity contribution in [1.29, 1.82) is 0 Å². The molecule has 0 saturated carbocycles. The molecule has 2 aromatic carbocycles. The Morgan fingerprint density at radius 2 is 1.79 bits per heavy atom. The lowest BCUT2D eigenvalue weighted by Gasteiger charge is -2.15. The molecule has 1 saturated heterocycles. The van der Waals surface area contributed by atoms with Crippen molar-refractivity contribution >= 4 is 29.2 Å². The van der Waals surface area contributed by atoms with Crippen LogP contribution >= 0.6 is 0 Å². The highest BCUT2D eigenvalue weighted by atomic mass is 16.7. The number of hydrogen-bond donors (Lipinski definition) is 2. The average molecular weight is 459 g/mol. The first-order valence-corrected chi connectivity index (χ1v) is 11.3. The van der Waals surface area contributed by atoms with Gasteiger partial charge < -0.3 is 10.2 Å². The van der Waals surface area contributed by atoms with E-state index in [-0.39, 0.29) is 11.4 Å². The van der Waals surface area contributed by atoms with Gasteiger partial charge in [-0.15, -0.1) is 0 Å². The summed E-state index contributed by atoms with van der Waals surface area (Å²) >= 11 is 0. The minimum atomic E-state index is -0.691. The molecule has 0 bridgehead atoms. The topological polar surface area (TPSA) is 100 Å². The fourth-order valence-electron chi connectivity index (χ4n) is 3.76. The van der Waals surface area contributed by atoms with Crippen LogP contribution in [0.4, 0.5) is 5.69 Å². The highest BCUT2D eigenvalue weighted by Gasteiger charge is 2.30. The summed E-state index contributed by atoms with van der Waals surface area (Å²) < 4.78 is 0. The fraction of sp³-hybridized carbons (Fsp3) is 0.231. The summed E-state index contributed by atoms with van der Waals surface area (Å²) in [4.78, 5) is 47.2. The molecular formula is C26H26N4O4. The summed E-state index contributed by atoms with van der Waals surface area (Å²) in [7, 11) is 0. The number of carbonyl (C=O) groups is 3. The molecule has 0 spiro atoms. The molecule has 0 radical (unpaired) electrons. The van der Waals surface area contributed by atoms with Crippen LogP contribution in [-0.2, 0) is 14.4 Å². The molecule has 0 atom stereocenters.